The molecule has 0 aliphatic rings. The molecule has 0 aliphatic carbocycles. The van der Waals surface area contributed by atoms with E-state index >= 15 is 0 Å². The number of phenols is 1. The molecule has 0 saturated heterocycles. The maximum absolute atomic E-state index is 12.4. The smallest absolute Gasteiger partial charge is 0.254 e. The highest BCUT2D eigenvalue weighted by molar-refractivity contribution is 5.97. The number of amides is 2. The van der Waals surface area contributed by atoms with Gasteiger partial charge in [-0.2, -0.15) is 0 Å². The van der Waals surface area contributed by atoms with Crippen LogP contribution in [0.3, 0.4) is 0 Å². The van der Waals surface area contributed by atoms with Gasteiger partial charge in [0.05, 0.1) is 0 Å². The molecule has 5 heteroatoms. The van der Waals surface area contributed by atoms with Gasteiger partial charge in [0.1, 0.15) is 11.8 Å². The third kappa shape index (κ3) is 4.83. The van der Waals surface area contributed by atoms with Crippen molar-refractivity contribution in [1.82, 2.24) is 10.2 Å². The molecule has 0 aliphatic heterocycles. The molecule has 25 heavy (non-hydrogen) atoms. The number of aryl methyl sites for hydroxylation is 1. The fraction of sp³-hybridized carbons (Fsp3) is 0.300. The van der Waals surface area contributed by atoms with Crippen molar-refractivity contribution in [3.63, 3.8) is 0 Å². The van der Waals surface area contributed by atoms with Gasteiger partial charge in [-0.05, 0) is 49.6 Å². The van der Waals surface area contributed by atoms with Crippen LogP contribution in [0.5, 0.6) is 5.75 Å². The van der Waals surface area contributed by atoms with Gasteiger partial charge in [0.2, 0.25) is 5.91 Å². The summed E-state index contributed by atoms with van der Waals surface area (Å²) < 4.78 is 0. The van der Waals surface area contributed by atoms with E-state index in [2.05, 4.69) is 5.32 Å². The molecule has 0 radical (unpaired) electrons. The standard InChI is InChI=1S/C20H24N2O3/c1-14-9-10-16(13-18(14)23)11-12-21-19(24)15(2)22(3)20(25)17-7-5-4-6-8-17/h4-10,13,15,23H,11-12H2,1-3H3,(H,21,24). The topological polar surface area (TPSA) is 69.6 Å². The molecule has 2 N–H and O–H groups in total. The van der Waals surface area contributed by atoms with E-state index in [4.69, 9.17) is 0 Å². The molecule has 0 spiro atoms. The van der Waals surface area contributed by atoms with Gasteiger partial charge in [-0.15, -0.1) is 0 Å². The van der Waals surface area contributed by atoms with Crippen LogP contribution in [0.25, 0.3) is 0 Å². The maximum atomic E-state index is 12.4. The number of nitrogens with one attached hydrogen (secondary N) is 1. The first-order valence-corrected chi connectivity index (χ1v) is 8.28. The minimum Gasteiger partial charge on any atom is -0.508 e. The van der Waals surface area contributed by atoms with Crippen molar-refractivity contribution in [1.29, 1.82) is 0 Å². The van der Waals surface area contributed by atoms with Crippen molar-refractivity contribution in [2.24, 2.45) is 0 Å². The summed E-state index contributed by atoms with van der Waals surface area (Å²) in [5, 5.41) is 12.5. The van der Waals surface area contributed by atoms with Crippen LogP contribution >= 0.6 is 0 Å². The van der Waals surface area contributed by atoms with E-state index in [0.717, 1.165) is 11.1 Å². The number of carbonyl (C=O) groups is 2. The van der Waals surface area contributed by atoms with E-state index in [0.29, 0.717) is 18.5 Å². The van der Waals surface area contributed by atoms with E-state index in [1.807, 2.05) is 25.1 Å². The van der Waals surface area contributed by atoms with E-state index in [9.17, 15) is 14.7 Å². The Morgan fingerprint density at radius 3 is 2.48 bits per heavy atom. The van der Waals surface area contributed by atoms with Gasteiger partial charge < -0.3 is 15.3 Å². The molecule has 0 saturated carbocycles. The van der Waals surface area contributed by atoms with E-state index in [1.54, 1.807) is 44.3 Å². The van der Waals surface area contributed by atoms with Crippen molar-refractivity contribution < 1.29 is 14.7 Å². The zero-order chi connectivity index (χ0) is 18.4. The average molecular weight is 340 g/mol. The Bertz CT molecular complexity index is 744. The van der Waals surface area contributed by atoms with Crippen LogP contribution in [-0.2, 0) is 11.2 Å². The molecule has 1 unspecified atom stereocenters. The second-order valence-electron chi connectivity index (χ2n) is 6.12. The highest BCUT2D eigenvalue weighted by Gasteiger charge is 2.22. The second-order valence-corrected chi connectivity index (χ2v) is 6.12. The predicted molar refractivity (Wildman–Crippen MR) is 97.6 cm³/mol. The summed E-state index contributed by atoms with van der Waals surface area (Å²) in [6, 6.07) is 13.8. The summed E-state index contributed by atoms with van der Waals surface area (Å²) in [6.07, 6.45) is 0.614. The molecule has 0 heterocycles. The van der Waals surface area contributed by atoms with E-state index in [-0.39, 0.29) is 17.6 Å². The van der Waals surface area contributed by atoms with Gasteiger partial charge in [0, 0.05) is 19.2 Å². The van der Waals surface area contributed by atoms with Gasteiger partial charge in [0.25, 0.3) is 5.91 Å². The fourth-order valence-electron chi connectivity index (χ4n) is 2.42. The molecule has 0 bridgehead atoms. The zero-order valence-corrected chi connectivity index (χ0v) is 14.8. The van der Waals surface area contributed by atoms with Crippen molar-refractivity contribution in [2.75, 3.05) is 13.6 Å². The number of hydrogen-bond donors (Lipinski definition) is 2. The minimum absolute atomic E-state index is 0.188. The van der Waals surface area contributed by atoms with Crippen LogP contribution < -0.4 is 5.32 Å². The summed E-state index contributed by atoms with van der Waals surface area (Å²) in [6.45, 7) is 3.98. The second kappa shape index (κ2) is 8.33. The molecule has 1 atom stereocenters. The van der Waals surface area contributed by atoms with Gasteiger partial charge in [-0.1, -0.05) is 30.3 Å². The third-order valence-electron chi connectivity index (χ3n) is 4.29. The molecular formula is C20H24N2O3. The third-order valence-corrected chi connectivity index (χ3v) is 4.29. The Morgan fingerprint density at radius 2 is 1.84 bits per heavy atom. The Kier molecular flexibility index (Phi) is 6.17. The highest BCUT2D eigenvalue weighted by Crippen LogP contribution is 2.17. The lowest BCUT2D eigenvalue weighted by Crippen LogP contribution is -2.46. The largest absolute Gasteiger partial charge is 0.508 e. The number of carbonyl (C=O) groups excluding carboxylic acids is 2. The summed E-state index contributed by atoms with van der Waals surface area (Å²) in [5.41, 5.74) is 2.33. The quantitative estimate of drug-likeness (QED) is 0.849. The van der Waals surface area contributed by atoms with Gasteiger partial charge >= 0.3 is 0 Å². The van der Waals surface area contributed by atoms with Crippen molar-refractivity contribution in [3.8, 4) is 5.75 Å². The molecule has 0 aromatic heterocycles. The average Bonchev–Trinajstić information content (AvgIpc) is 2.63. The lowest BCUT2D eigenvalue weighted by atomic mass is 10.1. The molecule has 0 fully saturated rings. The predicted octanol–water partition coefficient (Wildman–Crippen LogP) is 2.52. The van der Waals surface area contributed by atoms with Crippen LogP contribution in [0.4, 0.5) is 0 Å². The Morgan fingerprint density at radius 1 is 1.16 bits per heavy atom. The first kappa shape index (κ1) is 18.5. The Balaban J connectivity index is 1.87. The van der Waals surface area contributed by atoms with Gasteiger partial charge in [0.15, 0.2) is 0 Å². The summed E-state index contributed by atoms with van der Waals surface area (Å²) in [4.78, 5) is 26.1. The van der Waals surface area contributed by atoms with Gasteiger partial charge in [-0.25, -0.2) is 0 Å². The molecule has 2 aromatic carbocycles. The number of nitrogens with zero attached hydrogens (tertiary/aromatic N) is 1. The number of rotatable bonds is 6. The Hall–Kier alpha value is -2.82. The number of hydrogen-bond acceptors (Lipinski definition) is 3. The first-order chi connectivity index (χ1) is 11.9. The molecular weight excluding hydrogens is 316 g/mol. The monoisotopic (exact) mass is 340 g/mol. The van der Waals surface area contributed by atoms with Crippen LogP contribution in [0, 0.1) is 6.92 Å². The molecule has 132 valence electrons. The minimum atomic E-state index is -0.570. The summed E-state index contributed by atoms with van der Waals surface area (Å²) in [5.74, 6) is -0.139. The lowest BCUT2D eigenvalue weighted by Gasteiger charge is -2.24. The van der Waals surface area contributed by atoms with Crippen molar-refractivity contribution in [2.45, 2.75) is 26.3 Å². The fourth-order valence-corrected chi connectivity index (χ4v) is 2.42. The van der Waals surface area contributed by atoms with Gasteiger partial charge in [-0.3, -0.25) is 9.59 Å². The first-order valence-electron chi connectivity index (χ1n) is 8.28. The summed E-state index contributed by atoms with van der Waals surface area (Å²) in [7, 11) is 1.62. The normalized spacial score (nSPS) is 11.6. The number of phenolic OH excluding ortho intramolecular Hbond substituents is 1. The number of benzene rings is 2. The van der Waals surface area contributed by atoms with E-state index in [1.165, 1.54) is 4.90 Å². The van der Waals surface area contributed by atoms with Crippen LogP contribution in [0.1, 0.15) is 28.4 Å². The van der Waals surface area contributed by atoms with Crippen LogP contribution in [0.15, 0.2) is 48.5 Å². The number of aromatic hydroxyl groups is 1. The highest BCUT2D eigenvalue weighted by atomic mass is 16.3. The Labute approximate surface area is 148 Å². The maximum Gasteiger partial charge on any atom is 0.254 e. The molecule has 5 nitrogen and oxygen atoms in total. The van der Waals surface area contributed by atoms with Crippen LogP contribution in [0.2, 0.25) is 0 Å². The molecule has 2 rings (SSSR count). The zero-order valence-electron chi connectivity index (χ0n) is 14.8. The molecule has 2 amide bonds. The van der Waals surface area contributed by atoms with Crippen molar-refractivity contribution in [3.05, 3.63) is 65.2 Å². The van der Waals surface area contributed by atoms with E-state index < -0.39 is 6.04 Å². The lowest BCUT2D eigenvalue weighted by molar-refractivity contribution is -0.124. The summed E-state index contributed by atoms with van der Waals surface area (Å²) >= 11 is 0. The SMILES string of the molecule is Cc1ccc(CCNC(=O)C(C)N(C)C(=O)c2ccccc2)cc1O. The number of likely N-dealkylation sites (N-methyl/N-ethyl adjacent to an activating group) is 1. The molecule has 2 aromatic rings. The van der Waals surface area contributed by atoms with Crippen LogP contribution in [-0.4, -0.2) is 41.5 Å². The van der Waals surface area contributed by atoms with Crippen molar-refractivity contribution >= 4 is 11.8 Å².